The number of aliphatic hydroxyl groups is 2. The number of rotatable bonds is 6. The lowest BCUT2D eigenvalue weighted by Crippen LogP contribution is -2.19. The van der Waals surface area contributed by atoms with E-state index in [1.54, 1.807) is 23.5 Å². The van der Waals surface area contributed by atoms with Crippen molar-refractivity contribution in [2.45, 2.75) is 4.08 Å². The minimum absolute atomic E-state index is 0.163. The van der Waals surface area contributed by atoms with E-state index in [4.69, 9.17) is 0 Å². The molecule has 0 aromatic heterocycles. The van der Waals surface area contributed by atoms with Crippen molar-refractivity contribution in [1.29, 1.82) is 0 Å². The van der Waals surface area contributed by atoms with Gasteiger partial charge in [-0.25, -0.2) is 0 Å². The molecule has 0 heterocycles. The minimum atomic E-state index is -0.224. The van der Waals surface area contributed by atoms with Gasteiger partial charge >= 0.3 is 0 Å². The largest absolute Gasteiger partial charge is 0.396 e. The first kappa shape index (κ1) is 15.0. The van der Waals surface area contributed by atoms with Crippen molar-refractivity contribution in [3.8, 4) is 11.1 Å². The van der Waals surface area contributed by atoms with Gasteiger partial charge in [-0.15, -0.1) is 23.5 Å². The van der Waals surface area contributed by atoms with Crippen molar-refractivity contribution in [2.24, 2.45) is 0 Å². The second-order valence-electron chi connectivity index (χ2n) is 4.85. The number of aliphatic hydroxyl groups excluding tert-OH is 2. The van der Waals surface area contributed by atoms with Gasteiger partial charge in [-0.2, -0.15) is 0 Å². The van der Waals surface area contributed by atoms with E-state index in [9.17, 15) is 10.2 Å². The maximum atomic E-state index is 9.28. The third-order valence-corrected chi connectivity index (χ3v) is 6.82. The van der Waals surface area contributed by atoms with Gasteiger partial charge in [0.2, 0.25) is 0 Å². The molecular weight excluding hydrogens is 300 g/mol. The van der Waals surface area contributed by atoms with E-state index in [0.717, 1.165) is 0 Å². The third kappa shape index (κ3) is 2.50. The van der Waals surface area contributed by atoms with Crippen LogP contribution in [0, 0.1) is 0 Å². The van der Waals surface area contributed by atoms with Crippen molar-refractivity contribution < 1.29 is 10.2 Å². The van der Waals surface area contributed by atoms with Gasteiger partial charge in [-0.3, -0.25) is 0 Å². The summed E-state index contributed by atoms with van der Waals surface area (Å²) in [5, 5.41) is 18.6. The molecule has 3 rings (SSSR count). The topological polar surface area (TPSA) is 40.5 Å². The summed E-state index contributed by atoms with van der Waals surface area (Å²) >= 11 is 3.52. The van der Waals surface area contributed by atoms with Gasteiger partial charge in [0.1, 0.15) is 4.08 Å². The molecule has 1 aliphatic rings. The molecular formula is C17H18O2S2. The Kier molecular flexibility index (Phi) is 4.60. The fourth-order valence-corrected chi connectivity index (χ4v) is 5.81. The molecule has 0 unspecified atom stereocenters. The lowest BCUT2D eigenvalue weighted by molar-refractivity contribution is 0.322. The summed E-state index contributed by atoms with van der Waals surface area (Å²) in [6.07, 6.45) is 0. The summed E-state index contributed by atoms with van der Waals surface area (Å²) in [5.74, 6) is 1.36. The summed E-state index contributed by atoms with van der Waals surface area (Å²) in [4.78, 5) is 0. The number of hydrogen-bond acceptors (Lipinski definition) is 4. The standard InChI is InChI=1S/C17H18O2S2/c18-9-11-20-17(21-12-10-19)15-7-3-1-5-13(15)14-6-2-4-8-16(14)17/h1-8,18-19H,9-12H2. The van der Waals surface area contributed by atoms with Gasteiger partial charge in [0.25, 0.3) is 0 Å². The summed E-state index contributed by atoms with van der Waals surface area (Å²) in [6.45, 7) is 0.326. The second kappa shape index (κ2) is 6.44. The molecule has 2 N–H and O–H groups in total. The van der Waals surface area contributed by atoms with Gasteiger partial charge in [-0.1, -0.05) is 48.5 Å². The zero-order valence-corrected chi connectivity index (χ0v) is 13.3. The molecule has 21 heavy (non-hydrogen) atoms. The monoisotopic (exact) mass is 318 g/mol. The Labute approximate surface area is 133 Å². The summed E-state index contributed by atoms with van der Waals surface area (Å²) in [6, 6.07) is 16.9. The van der Waals surface area contributed by atoms with Gasteiger partial charge in [0, 0.05) is 11.5 Å². The van der Waals surface area contributed by atoms with Crippen LogP contribution in [0.1, 0.15) is 11.1 Å². The van der Waals surface area contributed by atoms with E-state index >= 15 is 0 Å². The molecule has 0 bridgehead atoms. The van der Waals surface area contributed by atoms with E-state index in [-0.39, 0.29) is 17.3 Å². The van der Waals surface area contributed by atoms with Gasteiger partial charge in [0.05, 0.1) is 13.2 Å². The molecule has 0 aliphatic heterocycles. The first-order valence-corrected chi connectivity index (χ1v) is 8.99. The molecule has 4 heteroatoms. The summed E-state index contributed by atoms with van der Waals surface area (Å²) in [5.41, 5.74) is 5.10. The molecule has 0 spiro atoms. The molecule has 0 saturated heterocycles. The van der Waals surface area contributed by atoms with Crippen molar-refractivity contribution in [2.75, 3.05) is 24.7 Å². The maximum Gasteiger partial charge on any atom is 0.113 e. The van der Waals surface area contributed by atoms with E-state index in [0.29, 0.717) is 11.5 Å². The smallest absolute Gasteiger partial charge is 0.113 e. The van der Waals surface area contributed by atoms with Gasteiger partial charge in [-0.05, 0) is 22.3 Å². The van der Waals surface area contributed by atoms with Crippen molar-refractivity contribution >= 4 is 23.5 Å². The molecule has 0 fully saturated rings. The SMILES string of the molecule is OCCSC1(SCCO)c2ccccc2-c2ccccc21. The fraction of sp³-hybridized carbons (Fsp3) is 0.294. The minimum Gasteiger partial charge on any atom is -0.396 e. The number of hydrogen-bond donors (Lipinski definition) is 2. The van der Waals surface area contributed by atoms with E-state index in [2.05, 4.69) is 48.5 Å². The van der Waals surface area contributed by atoms with Crippen LogP contribution in [-0.4, -0.2) is 34.9 Å². The van der Waals surface area contributed by atoms with E-state index < -0.39 is 0 Å². The van der Waals surface area contributed by atoms with E-state index in [1.165, 1.54) is 22.3 Å². The van der Waals surface area contributed by atoms with Crippen molar-refractivity contribution in [1.82, 2.24) is 0 Å². The quantitative estimate of drug-likeness (QED) is 0.802. The van der Waals surface area contributed by atoms with Crippen LogP contribution in [0.3, 0.4) is 0 Å². The number of fused-ring (bicyclic) bond motifs is 3. The average Bonchev–Trinajstić information content (AvgIpc) is 2.82. The van der Waals surface area contributed by atoms with Crippen molar-refractivity contribution in [3.63, 3.8) is 0 Å². The summed E-state index contributed by atoms with van der Waals surface area (Å²) in [7, 11) is 0. The Morgan fingerprint density at radius 2 is 1.14 bits per heavy atom. The third-order valence-electron chi connectivity index (χ3n) is 3.65. The van der Waals surface area contributed by atoms with Crippen LogP contribution in [0.15, 0.2) is 48.5 Å². The Bertz CT molecular complexity index is 572. The number of benzene rings is 2. The van der Waals surface area contributed by atoms with Gasteiger partial charge in [0.15, 0.2) is 0 Å². The molecule has 0 saturated carbocycles. The normalized spacial score (nSPS) is 14.8. The van der Waals surface area contributed by atoms with Crippen molar-refractivity contribution in [3.05, 3.63) is 59.7 Å². The highest BCUT2D eigenvalue weighted by atomic mass is 32.2. The Morgan fingerprint density at radius 1 is 0.714 bits per heavy atom. The molecule has 2 aromatic rings. The van der Waals surface area contributed by atoms with Crippen LogP contribution in [0.4, 0.5) is 0 Å². The lowest BCUT2D eigenvalue weighted by atomic mass is 10.1. The molecule has 0 amide bonds. The first-order chi connectivity index (χ1) is 10.3. The van der Waals surface area contributed by atoms with Crippen LogP contribution in [0.25, 0.3) is 11.1 Å². The number of thioether (sulfide) groups is 2. The maximum absolute atomic E-state index is 9.28. The predicted octanol–water partition coefficient (Wildman–Crippen LogP) is 3.32. The Hall–Kier alpha value is -0.940. The molecule has 2 aromatic carbocycles. The fourth-order valence-electron chi connectivity index (χ4n) is 2.89. The lowest BCUT2D eigenvalue weighted by Gasteiger charge is -2.30. The Morgan fingerprint density at radius 3 is 1.57 bits per heavy atom. The summed E-state index contributed by atoms with van der Waals surface area (Å²) < 4.78 is -0.224. The second-order valence-corrected chi connectivity index (χ2v) is 7.73. The van der Waals surface area contributed by atoms with Crippen LogP contribution in [-0.2, 0) is 4.08 Å². The highest BCUT2D eigenvalue weighted by Crippen LogP contribution is 2.60. The van der Waals surface area contributed by atoms with Gasteiger partial charge < -0.3 is 10.2 Å². The predicted molar refractivity (Wildman–Crippen MR) is 91.7 cm³/mol. The Balaban J connectivity index is 2.16. The molecule has 0 radical (unpaired) electrons. The van der Waals surface area contributed by atoms with Crippen LogP contribution >= 0.6 is 23.5 Å². The molecule has 0 atom stereocenters. The van der Waals surface area contributed by atoms with Crippen LogP contribution in [0.5, 0.6) is 0 Å². The average molecular weight is 318 g/mol. The zero-order chi connectivity index (χ0) is 14.7. The zero-order valence-electron chi connectivity index (χ0n) is 11.7. The van der Waals surface area contributed by atoms with Crippen LogP contribution < -0.4 is 0 Å². The molecule has 2 nitrogen and oxygen atoms in total. The van der Waals surface area contributed by atoms with Crippen LogP contribution in [0.2, 0.25) is 0 Å². The van der Waals surface area contributed by atoms with E-state index in [1.807, 2.05) is 0 Å². The highest BCUT2D eigenvalue weighted by Gasteiger charge is 2.43. The molecule has 1 aliphatic carbocycles. The first-order valence-electron chi connectivity index (χ1n) is 7.02. The highest BCUT2D eigenvalue weighted by molar-refractivity contribution is 8.17. The molecule has 110 valence electrons.